The van der Waals surface area contributed by atoms with Crippen molar-refractivity contribution in [1.29, 1.82) is 0 Å². The second kappa shape index (κ2) is 13.4. The smallest absolute Gasteiger partial charge is 0.239 e. The topological polar surface area (TPSA) is 87.5 Å². The van der Waals surface area contributed by atoms with Crippen molar-refractivity contribution in [3.05, 3.63) is 0 Å². The molecule has 4 N–H and O–H groups in total. The first-order valence-electron chi connectivity index (χ1n) is 6.26. The van der Waals surface area contributed by atoms with E-state index in [4.69, 9.17) is 5.73 Å². The zero-order chi connectivity index (χ0) is 14.1. The average molecular weight is 331 g/mol. The minimum absolute atomic E-state index is 0. The Kier molecular flexibility index (Phi) is 16.4. The summed E-state index contributed by atoms with van der Waals surface area (Å²) in [5.74, 6) is 0.0105. The maximum atomic E-state index is 11.7. The van der Waals surface area contributed by atoms with E-state index in [9.17, 15) is 9.59 Å². The lowest BCUT2D eigenvalue weighted by Crippen LogP contribution is -2.47. The fourth-order valence-electron chi connectivity index (χ4n) is 1.72. The van der Waals surface area contributed by atoms with Gasteiger partial charge in [0.15, 0.2) is 0 Å². The maximum absolute atomic E-state index is 11.7. The Morgan fingerprint density at radius 1 is 1.15 bits per heavy atom. The summed E-state index contributed by atoms with van der Waals surface area (Å²) in [6, 6.07) is 0.0993. The first-order chi connectivity index (χ1) is 8.35. The third-order valence-corrected chi connectivity index (χ3v) is 2.34. The van der Waals surface area contributed by atoms with Gasteiger partial charge in [0.1, 0.15) is 0 Å². The molecule has 6 nitrogen and oxygen atoms in total. The van der Waals surface area contributed by atoms with Gasteiger partial charge in [0.05, 0.1) is 13.1 Å². The van der Waals surface area contributed by atoms with Gasteiger partial charge in [-0.2, -0.15) is 0 Å². The van der Waals surface area contributed by atoms with Gasteiger partial charge < -0.3 is 21.3 Å². The van der Waals surface area contributed by atoms with Gasteiger partial charge in [0, 0.05) is 12.6 Å². The Labute approximate surface area is 134 Å². The van der Waals surface area contributed by atoms with Crippen LogP contribution in [0.25, 0.3) is 0 Å². The molecule has 2 amide bonds. The van der Waals surface area contributed by atoms with Crippen LogP contribution in [0.15, 0.2) is 0 Å². The van der Waals surface area contributed by atoms with Crippen LogP contribution in [0.4, 0.5) is 0 Å². The summed E-state index contributed by atoms with van der Waals surface area (Å²) >= 11 is 0. The van der Waals surface area contributed by atoms with Crippen molar-refractivity contribution in [1.82, 2.24) is 15.5 Å². The average Bonchev–Trinajstić information content (AvgIpc) is 2.23. The fraction of sp³-hybridized carbons (Fsp3) is 0.833. The number of halogens is 2. The van der Waals surface area contributed by atoms with Crippen LogP contribution in [0.1, 0.15) is 20.3 Å². The summed E-state index contributed by atoms with van der Waals surface area (Å²) in [6.45, 7) is 4.91. The number of likely N-dealkylation sites (N-methyl/N-ethyl adjacent to an activating group) is 1. The van der Waals surface area contributed by atoms with Crippen LogP contribution in [0.5, 0.6) is 0 Å². The first kappa shape index (κ1) is 24.5. The molecule has 1 atom stereocenters. The highest BCUT2D eigenvalue weighted by molar-refractivity contribution is 5.86. The molecule has 122 valence electrons. The quantitative estimate of drug-likeness (QED) is 0.584. The van der Waals surface area contributed by atoms with Gasteiger partial charge >= 0.3 is 0 Å². The summed E-state index contributed by atoms with van der Waals surface area (Å²) in [7, 11) is 3.94. The first-order valence-corrected chi connectivity index (χ1v) is 6.26. The molecule has 0 spiro atoms. The fourth-order valence-corrected chi connectivity index (χ4v) is 1.72. The van der Waals surface area contributed by atoms with E-state index in [1.165, 1.54) is 0 Å². The lowest BCUT2D eigenvalue weighted by atomic mass is 10.0. The van der Waals surface area contributed by atoms with Crippen molar-refractivity contribution >= 4 is 36.6 Å². The van der Waals surface area contributed by atoms with Crippen molar-refractivity contribution in [2.75, 3.05) is 33.7 Å². The van der Waals surface area contributed by atoms with Gasteiger partial charge in [0.25, 0.3) is 0 Å². The molecule has 0 aliphatic rings. The number of nitrogens with one attached hydrogen (secondary N) is 2. The normalized spacial score (nSPS) is 11.3. The monoisotopic (exact) mass is 330 g/mol. The molecule has 0 aromatic heterocycles. The van der Waals surface area contributed by atoms with E-state index in [2.05, 4.69) is 24.5 Å². The molecule has 1 unspecified atom stereocenters. The van der Waals surface area contributed by atoms with E-state index in [1.807, 2.05) is 19.0 Å². The minimum Gasteiger partial charge on any atom is -0.351 e. The molecule has 0 radical (unpaired) electrons. The zero-order valence-electron chi connectivity index (χ0n) is 12.6. The second-order valence-electron chi connectivity index (χ2n) is 5.14. The number of carbonyl (C=O) groups is 2. The van der Waals surface area contributed by atoms with Gasteiger partial charge in [-0.1, -0.05) is 13.8 Å². The van der Waals surface area contributed by atoms with Crippen molar-refractivity contribution < 1.29 is 9.59 Å². The van der Waals surface area contributed by atoms with E-state index < -0.39 is 0 Å². The molecule has 0 aliphatic heterocycles. The SMILES string of the molecule is CC(C)CC(CN(C)C)NC(=O)CNC(=O)CN.Cl.Cl. The van der Waals surface area contributed by atoms with E-state index in [0.29, 0.717) is 5.92 Å². The molecule has 0 aromatic rings. The van der Waals surface area contributed by atoms with Crippen LogP contribution in [0, 0.1) is 5.92 Å². The molecule has 0 saturated heterocycles. The van der Waals surface area contributed by atoms with Gasteiger partial charge in [-0.25, -0.2) is 0 Å². The van der Waals surface area contributed by atoms with Crippen LogP contribution in [0.3, 0.4) is 0 Å². The number of amides is 2. The van der Waals surface area contributed by atoms with Gasteiger partial charge in [-0.05, 0) is 26.4 Å². The highest BCUT2D eigenvalue weighted by atomic mass is 35.5. The predicted molar refractivity (Wildman–Crippen MR) is 86.5 cm³/mol. The zero-order valence-corrected chi connectivity index (χ0v) is 14.3. The molecule has 0 heterocycles. The molecule has 8 heteroatoms. The van der Waals surface area contributed by atoms with Crippen molar-refractivity contribution in [3.8, 4) is 0 Å². The lowest BCUT2D eigenvalue weighted by Gasteiger charge is -2.24. The van der Waals surface area contributed by atoms with Crippen molar-refractivity contribution in [2.45, 2.75) is 26.3 Å². The Morgan fingerprint density at radius 3 is 2.10 bits per heavy atom. The van der Waals surface area contributed by atoms with Crippen LogP contribution in [-0.2, 0) is 9.59 Å². The summed E-state index contributed by atoms with van der Waals surface area (Å²) in [5, 5.41) is 5.38. The standard InChI is InChI=1S/C12H26N4O2.2ClH/c1-9(2)5-10(8-16(3)4)15-12(18)7-14-11(17)6-13;;/h9-10H,5-8,13H2,1-4H3,(H,14,17)(H,15,18);2*1H. The highest BCUT2D eigenvalue weighted by Crippen LogP contribution is 2.05. The van der Waals surface area contributed by atoms with Crippen molar-refractivity contribution in [3.63, 3.8) is 0 Å². The molecule has 0 aliphatic carbocycles. The molecular weight excluding hydrogens is 303 g/mol. The van der Waals surface area contributed by atoms with Gasteiger partial charge in [0.2, 0.25) is 11.8 Å². The third kappa shape index (κ3) is 13.9. The van der Waals surface area contributed by atoms with E-state index in [-0.39, 0.29) is 55.8 Å². The molecule has 0 rings (SSSR count). The predicted octanol–water partition coefficient (Wildman–Crippen LogP) is -0.00260. The van der Waals surface area contributed by atoms with E-state index in [1.54, 1.807) is 0 Å². The van der Waals surface area contributed by atoms with Gasteiger partial charge in [-0.3, -0.25) is 9.59 Å². The largest absolute Gasteiger partial charge is 0.351 e. The molecule has 20 heavy (non-hydrogen) atoms. The highest BCUT2D eigenvalue weighted by Gasteiger charge is 2.15. The lowest BCUT2D eigenvalue weighted by molar-refractivity contribution is -0.125. The summed E-state index contributed by atoms with van der Waals surface area (Å²) < 4.78 is 0. The number of rotatable bonds is 8. The molecule has 0 aromatic carbocycles. The van der Waals surface area contributed by atoms with Crippen LogP contribution >= 0.6 is 24.8 Å². The summed E-state index contributed by atoms with van der Waals surface area (Å²) in [4.78, 5) is 24.6. The van der Waals surface area contributed by atoms with E-state index in [0.717, 1.165) is 13.0 Å². The van der Waals surface area contributed by atoms with Crippen LogP contribution in [-0.4, -0.2) is 56.5 Å². The maximum Gasteiger partial charge on any atom is 0.239 e. The number of nitrogens with zero attached hydrogens (tertiary/aromatic N) is 1. The molecule has 0 saturated carbocycles. The number of hydrogen-bond acceptors (Lipinski definition) is 4. The van der Waals surface area contributed by atoms with Crippen LogP contribution in [0.2, 0.25) is 0 Å². The summed E-state index contributed by atoms with van der Waals surface area (Å²) in [6.07, 6.45) is 0.911. The van der Waals surface area contributed by atoms with Crippen molar-refractivity contribution in [2.24, 2.45) is 11.7 Å². The number of nitrogens with two attached hydrogens (primary N) is 1. The molecule has 0 fully saturated rings. The minimum atomic E-state index is -0.321. The number of hydrogen-bond donors (Lipinski definition) is 3. The molecule has 0 bridgehead atoms. The Bertz CT molecular complexity index is 266. The van der Waals surface area contributed by atoms with Gasteiger partial charge in [-0.15, -0.1) is 24.8 Å². The summed E-state index contributed by atoms with van der Waals surface area (Å²) in [5.41, 5.74) is 5.14. The molecular formula is C12H28Cl2N4O2. The Morgan fingerprint density at radius 2 is 1.70 bits per heavy atom. The second-order valence-corrected chi connectivity index (χ2v) is 5.14. The number of carbonyl (C=O) groups excluding carboxylic acids is 2. The Balaban J connectivity index is -0.00000144. The third-order valence-electron chi connectivity index (χ3n) is 2.34. The van der Waals surface area contributed by atoms with E-state index >= 15 is 0 Å². The Hall–Kier alpha value is -0.560. The van der Waals surface area contributed by atoms with Crippen LogP contribution < -0.4 is 16.4 Å².